The molecule has 1 amide bonds. The fourth-order valence-corrected chi connectivity index (χ4v) is 4.42. The molecule has 0 spiro atoms. The second-order valence-electron chi connectivity index (χ2n) is 6.40. The van der Waals surface area contributed by atoms with Crippen molar-refractivity contribution in [1.82, 2.24) is 25.2 Å². The van der Waals surface area contributed by atoms with E-state index in [0.29, 0.717) is 22.8 Å². The summed E-state index contributed by atoms with van der Waals surface area (Å²) in [5, 5.41) is 15.9. The molecule has 0 aliphatic heterocycles. The fourth-order valence-electron chi connectivity index (χ4n) is 2.87. The van der Waals surface area contributed by atoms with Crippen LogP contribution in [0.2, 0.25) is 0 Å². The monoisotopic (exact) mass is 448 g/mol. The normalized spacial score (nSPS) is 10.7. The van der Waals surface area contributed by atoms with Gasteiger partial charge in [0.15, 0.2) is 5.82 Å². The van der Waals surface area contributed by atoms with Crippen molar-refractivity contribution in [3.8, 4) is 5.69 Å². The van der Waals surface area contributed by atoms with Crippen molar-refractivity contribution in [2.24, 2.45) is 0 Å². The van der Waals surface area contributed by atoms with E-state index in [-0.39, 0.29) is 5.91 Å². The van der Waals surface area contributed by atoms with E-state index in [4.69, 9.17) is 0 Å². The molecule has 1 N–H and O–H groups in total. The SMILES string of the molecule is CCSc1ccc(NC(=O)c2ccccc2SCc2nnnn2-c2ccccc2)cn1. The lowest BCUT2D eigenvalue weighted by molar-refractivity contribution is 0.102. The number of aromatic nitrogens is 5. The molecule has 0 aliphatic carbocycles. The van der Waals surface area contributed by atoms with E-state index >= 15 is 0 Å². The van der Waals surface area contributed by atoms with Crippen molar-refractivity contribution < 1.29 is 4.79 Å². The molecule has 156 valence electrons. The van der Waals surface area contributed by atoms with Crippen LogP contribution in [0.15, 0.2) is 82.8 Å². The van der Waals surface area contributed by atoms with Gasteiger partial charge in [-0.3, -0.25) is 4.79 Å². The number of pyridine rings is 1. The van der Waals surface area contributed by atoms with Gasteiger partial charge in [0.05, 0.1) is 33.9 Å². The topological polar surface area (TPSA) is 85.6 Å². The van der Waals surface area contributed by atoms with Crippen LogP contribution < -0.4 is 5.32 Å². The first-order valence-corrected chi connectivity index (χ1v) is 11.7. The lowest BCUT2D eigenvalue weighted by Gasteiger charge is -2.10. The molecule has 0 bridgehead atoms. The Morgan fingerprint density at radius 2 is 1.81 bits per heavy atom. The number of tetrazole rings is 1. The molecule has 0 radical (unpaired) electrons. The highest BCUT2D eigenvalue weighted by molar-refractivity contribution is 7.99. The Labute approximate surface area is 188 Å². The number of thioether (sulfide) groups is 2. The summed E-state index contributed by atoms with van der Waals surface area (Å²) in [5.41, 5.74) is 2.16. The van der Waals surface area contributed by atoms with E-state index in [0.717, 1.165) is 21.4 Å². The summed E-state index contributed by atoms with van der Waals surface area (Å²) < 4.78 is 1.71. The summed E-state index contributed by atoms with van der Waals surface area (Å²) in [5.74, 6) is 2.01. The molecule has 2 aromatic carbocycles. The molecule has 0 saturated carbocycles. The molecule has 0 fully saturated rings. The number of rotatable bonds is 8. The summed E-state index contributed by atoms with van der Waals surface area (Å²) >= 11 is 3.18. The quantitative estimate of drug-likeness (QED) is 0.391. The Morgan fingerprint density at radius 1 is 1.00 bits per heavy atom. The van der Waals surface area contributed by atoms with Crippen LogP contribution in [0, 0.1) is 0 Å². The highest BCUT2D eigenvalue weighted by Gasteiger charge is 2.14. The van der Waals surface area contributed by atoms with Crippen LogP contribution in [0.25, 0.3) is 5.69 Å². The van der Waals surface area contributed by atoms with Crippen molar-refractivity contribution in [2.45, 2.75) is 22.6 Å². The van der Waals surface area contributed by atoms with Crippen LogP contribution >= 0.6 is 23.5 Å². The van der Waals surface area contributed by atoms with E-state index < -0.39 is 0 Å². The Kier molecular flexibility index (Phi) is 6.96. The van der Waals surface area contributed by atoms with Gasteiger partial charge in [0.2, 0.25) is 0 Å². The van der Waals surface area contributed by atoms with Crippen molar-refractivity contribution in [2.75, 3.05) is 11.1 Å². The predicted octanol–water partition coefficient (Wildman–Crippen LogP) is 4.71. The number of para-hydroxylation sites is 1. The minimum atomic E-state index is -0.177. The predicted molar refractivity (Wildman–Crippen MR) is 124 cm³/mol. The molecule has 2 aromatic heterocycles. The number of nitrogens with one attached hydrogen (secondary N) is 1. The van der Waals surface area contributed by atoms with E-state index in [9.17, 15) is 4.79 Å². The van der Waals surface area contributed by atoms with Gasteiger partial charge in [0, 0.05) is 4.90 Å². The molecular formula is C22H20N6OS2. The number of hydrogen-bond donors (Lipinski definition) is 1. The van der Waals surface area contributed by atoms with Crippen molar-refractivity contribution >= 4 is 35.1 Å². The maximum absolute atomic E-state index is 12.9. The molecule has 31 heavy (non-hydrogen) atoms. The van der Waals surface area contributed by atoms with Crippen LogP contribution in [0.4, 0.5) is 5.69 Å². The van der Waals surface area contributed by atoms with Gasteiger partial charge in [-0.1, -0.05) is 37.3 Å². The second-order valence-corrected chi connectivity index (χ2v) is 8.70. The Morgan fingerprint density at radius 3 is 2.58 bits per heavy atom. The van der Waals surface area contributed by atoms with Gasteiger partial charge >= 0.3 is 0 Å². The molecule has 0 saturated heterocycles. The van der Waals surface area contributed by atoms with Gasteiger partial charge in [-0.05, 0) is 52.6 Å². The van der Waals surface area contributed by atoms with Gasteiger partial charge in [0.1, 0.15) is 0 Å². The second kappa shape index (κ2) is 10.2. The summed E-state index contributed by atoms with van der Waals surface area (Å²) in [7, 11) is 0. The lowest BCUT2D eigenvalue weighted by Crippen LogP contribution is -2.13. The van der Waals surface area contributed by atoms with E-state index in [1.165, 1.54) is 11.8 Å². The van der Waals surface area contributed by atoms with Gasteiger partial charge < -0.3 is 5.32 Å². The Hall–Kier alpha value is -3.17. The fraction of sp³-hybridized carbons (Fsp3) is 0.136. The van der Waals surface area contributed by atoms with Gasteiger partial charge in [-0.15, -0.1) is 28.6 Å². The first-order chi connectivity index (χ1) is 15.2. The number of amides is 1. The van der Waals surface area contributed by atoms with Crippen LogP contribution in [0.3, 0.4) is 0 Å². The van der Waals surface area contributed by atoms with Gasteiger partial charge in [-0.2, -0.15) is 4.68 Å². The average Bonchev–Trinajstić information content (AvgIpc) is 3.28. The first-order valence-electron chi connectivity index (χ1n) is 9.69. The van der Waals surface area contributed by atoms with Gasteiger partial charge in [-0.25, -0.2) is 4.98 Å². The third kappa shape index (κ3) is 5.31. The number of anilines is 1. The summed E-state index contributed by atoms with van der Waals surface area (Å²) in [6.45, 7) is 2.08. The molecule has 7 nitrogen and oxygen atoms in total. The number of carbonyl (C=O) groups excluding carboxylic acids is 1. The smallest absolute Gasteiger partial charge is 0.256 e. The summed E-state index contributed by atoms with van der Waals surface area (Å²) in [4.78, 5) is 18.1. The number of hydrogen-bond acceptors (Lipinski definition) is 7. The zero-order valence-electron chi connectivity index (χ0n) is 16.8. The number of benzene rings is 2. The van der Waals surface area contributed by atoms with E-state index in [1.54, 1.807) is 22.6 Å². The van der Waals surface area contributed by atoms with E-state index in [2.05, 4.69) is 32.7 Å². The molecule has 4 aromatic rings. The lowest BCUT2D eigenvalue weighted by atomic mass is 10.2. The third-order valence-corrected chi connectivity index (χ3v) is 6.21. The Bertz CT molecular complexity index is 1150. The van der Waals surface area contributed by atoms with Crippen LogP contribution in [0.1, 0.15) is 23.1 Å². The van der Waals surface area contributed by atoms with Gasteiger partial charge in [0.25, 0.3) is 5.91 Å². The zero-order valence-corrected chi connectivity index (χ0v) is 18.4. The molecule has 4 rings (SSSR count). The number of carbonyl (C=O) groups is 1. The molecule has 0 aliphatic rings. The largest absolute Gasteiger partial charge is 0.321 e. The standard InChI is InChI=1S/C22H20N6OS2/c1-2-30-21-13-12-16(14-23-21)24-22(29)18-10-6-7-11-19(18)31-15-20-25-26-27-28(20)17-8-4-3-5-9-17/h3-14H,2,15H2,1H3,(H,24,29). The van der Waals surface area contributed by atoms with E-state index in [1.807, 2.05) is 66.7 Å². The Balaban J connectivity index is 1.47. The molecule has 0 atom stereocenters. The maximum atomic E-state index is 12.9. The van der Waals surface area contributed by atoms with Crippen LogP contribution in [-0.2, 0) is 5.75 Å². The average molecular weight is 449 g/mol. The first kappa shape index (κ1) is 21.1. The molecule has 0 unspecified atom stereocenters. The maximum Gasteiger partial charge on any atom is 0.256 e. The zero-order chi connectivity index (χ0) is 21.5. The number of nitrogens with zero attached hydrogens (tertiary/aromatic N) is 5. The van der Waals surface area contributed by atoms with Crippen molar-refractivity contribution in [3.63, 3.8) is 0 Å². The summed E-state index contributed by atoms with van der Waals surface area (Å²) in [6, 6.07) is 21.0. The molecular weight excluding hydrogens is 428 g/mol. The minimum absolute atomic E-state index is 0.177. The highest BCUT2D eigenvalue weighted by atomic mass is 32.2. The molecule has 2 heterocycles. The van der Waals surface area contributed by atoms with Crippen molar-refractivity contribution in [3.05, 3.63) is 84.3 Å². The molecule has 9 heteroatoms. The summed E-state index contributed by atoms with van der Waals surface area (Å²) in [6.07, 6.45) is 1.68. The minimum Gasteiger partial charge on any atom is -0.321 e. The highest BCUT2D eigenvalue weighted by Crippen LogP contribution is 2.27. The van der Waals surface area contributed by atoms with Crippen LogP contribution in [0.5, 0.6) is 0 Å². The third-order valence-electron chi connectivity index (χ3n) is 4.31. The van der Waals surface area contributed by atoms with Crippen molar-refractivity contribution in [1.29, 1.82) is 0 Å². The van der Waals surface area contributed by atoms with Crippen LogP contribution in [-0.4, -0.2) is 36.9 Å².